The van der Waals surface area contributed by atoms with Crippen molar-refractivity contribution in [1.29, 1.82) is 0 Å². The highest BCUT2D eigenvalue weighted by atomic mass is 35.5. The predicted molar refractivity (Wildman–Crippen MR) is 73.8 cm³/mol. The lowest BCUT2D eigenvalue weighted by Crippen LogP contribution is -2.12. The molecular formula is C14H22ClNO. The zero-order valence-corrected chi connectivity index (χ0v) is 11.7. The van der Waals surface area contributed by atoms with Gasteiger partial charge >= 0.3 is 0 Å². The zero-order chi connectivity index (χ0) is 12.7. The number of rotatable bonds is 7. The van der Waals surface area contributed by atoms with E-state index in [0.717, 1.165) is 29.5 Å². The molecule has 1 rings (SSSR count). The average molecular weight is 256 g/mol. The number of benzene rings is 1. The van der Waals surface area contributed by atoms with Crippen LogP contribution in [0.4, 0.5) is 0 Å². The summed E-state index contributed by atoms with van der Waals surface area (Å²) in [5.74, 6) is 1.48. The third kappa shape index (κ3) is 4.57. The molecule has 3 heteroatoms. The Morgan fingerprint density at radius 3 is 2.82 bits per heavy atom. The van der Waals surface area contributed by atoms with Crippen LogP contribution in [0.5, 0.6) is 5.75 Å². The van der Waals surface area contributed by atoms with Gasteiger partial charge < -0.3 is 10.1 Å². The summed E-state index contributed by atoms with van der Waals surface area (Å²) in [6.07, 6.45) is 2.39. The van der Waals surface area contributed by atoms with E-state index in [9.17, 15) is 0 Å². The second-order valence-corrected chi connectivity index (χ2v) is 4.86. The third-order valence-corrected chi connectivity index (χ3v) is 3.09. The number of nitrogens with one attached hydrogen (secondary N) is 1. The quantitative estimate of drug-likeness (QED) is 0.799. The monoisotopic (exact) mass is 255 g/mol. The van der Waals surface area contributed by atoms with Crippen LogP contribution in [0.25, 0.3) is 0 Å². The number of hydrogen-bond donors (Lipinski definition) is 1. The SMILES string of the molecule is CCCC(C)COc1cccc(Cl)c1CNC. The van der Waals surface area contributed by atoms with Crippen molar-refractivity contribution in [3.8, 4) is 5.75 Å². The van der Waals surface area contributed by atoms with Gasteiger partial charge in [-0.15, -0.1) is 0 Å². The van der Waals surface area contributed by atoms with Crippen molar-refractivity contribution in [2.45, 2.75) is 33.2 Å². The highest BCUT2D eigenvalue weighted by Gasteiger charge is 2.09. The average Bonchev–Trinajstić information content (AvgIpc) is 2.30. The summed E-state index contributed by atoms with van der Waals surface area (Å²) >= 11 is 6.16. The second-order valence-electron chi connectivity index (χ2n) is 4.45. The molecule has 0 saturated carbocycles. The van der Waals surface area contributed by atoms with Gasteiger partial charge in [-0.3, -0.25) is 0 Å². The van der Waals surface area contributed by atoms with Crippen molar-refractivity contribution in [3.05, 3.63) is 28.8 Å². The molecular weight excluding hydrogens is 234 g/mol. The standard InChI is InChI=1S/C14H22ClNO/c1-4-6-11(2)10-17-14-8-5-7-13(15)12(14)9-16-3/h5,7-8,11,16H,4,6,9-10H2,1-3H3. The van der Waals surface area contributed by atoms with Crippen LogP contribution in [0.2, 0.25) is 5.02 Å². The van der Waals surface area contributed by atoms with Crippen LogP contribution in [-0.4, -0.2) is 13.7 Å². The molecule has 0 saturated heterocycles. The summed E-state index contributed by atoms with van der Waals surface area (Å²) in [6.45, 7) is 5.90. The predicted octanol–water partition coefficient (Wildman–Crippen LogP) is 3.87. The first-order chi connectivity index (χ1) is 8.19. The fourth-order valence-corrected chi connectivity index (χ4v) is 2.06. The van der Waals surface area contributed by atoms with Crippen LogP contribution in [0, 0.1) is 5.92 Å². The molecule has 0 radical (unpaired) electrons. The smallest absolute Gasteiger partial charge is 0.125 e. The van der Waals surface area contributed by atoms with Gasteiger partial charge in [0.1, 0.15) is 5.75 Å². The number of ether oxygens (including phenoxy) is 1. The van der Waals surface area contributed by atoms with E-state index in [1.165, 1.54) is 12.8 Å². The summed E-state index contributed by atoms with van der Waals surface area (Å²) in [5, 5.41) is 3.88. The van der Waals surface area contributed by atoms with Gasteiger partial charge in [-0.2, -0.15) is 0 Å². The maximum Gasteiger partial charge on any atom is 0.125 e. The molecule has 0 fully saturated rings. The van der Waals surface area contributed by atoms with Crippen molar-refractivity contribution < 1.29 is 4.74 Å². The molecule has 96 valence electrons. The van der Waals surface area contributed by atoms with Gasteiger partial charge in [0.2, 0.25) is 0 Å². The highest BCUT2D eigenvalue weighted by molar-refractivity contribution is 6.31. The van der Waals surface area contributed by atoms with E-state index in [1.807, 2.05) is 25.2 Å². The molecule has 0 aliphatic heterocycles. The van der Waals surface area contributed by atoms with E-state index >= 15 is 0 Å². The third-order valence-electron chi connectivity index (χ3n) is 2.73. The molecule has 1 atom stereocenters. The van der Waals surface area contributed by atoms with E-state index in [0.29, 0.717) is 5.92 Å². The van der Waals surface area contributed by atoms with Gasteiger partial charge in [0.05, 0.1) is 6.61 Å². The van der Waals surface area contributed by atoms with Crippen molar-refractivity contribution in [1.82, 2.24) is 5.32 Å². The van der Waals surface area contributed by atoms with Gasteiger partial charge in [0, 0.05) is 17.1 Å². The first kappa shape index (κ1) is 14.3. The summed E-state index contributed by atoms with van der Waals surface area (Å²) < 4.78 is 5.86. The maximum absolute atomic E-state index is 6.16. The highest BCUT2D eigenvalue weighted by Crippen LogP contribution is 2.26. The summed E-state index contributed by atoms with van der Waals surface area (Å²) in [7, 11) is 1.91. The van der Waals surface area contributed by atoms with E-state index in [1.54, 1.807) is 0 Å². The largest absolute Gasteiger partial charge is 0.493 e. The van der Waals surface area contributed by atoms with Crippen molar-refractivity contribution in [2.75, 3.05) is 13.7 Å². The minimum absolute atomic E-state index is 0.585. The molecule has 1 unspecified atom stereocenters. The lowest BCUT2D eigenvalue weighted by atomic mass is 10.1. The maximum atomic E-state index is 6.16. The number of halogens is 1. The molecule has 17 heavy (non-hydrogen) atoms. The lowest BCUT2D eigenvalue weighted by molar-refractivity contribution is 0.249. The molecule has 1 aromatic rings. The Balaban J connectivity index is 2.66. The van der Waals surface area contributed by atoms with Gasteiger partial charge in [-0.05, 0) is 31.5 Å². The fraction of sp³-hybridized carbons (Fsp3) is 0.571. The Bertz CT molecular complexity index is 341. The molecule has 1 N–H and O–H groups in total. The van der Waals surface area contributed by atoms with Crippen molar-refractivity contribution in [2.24, 2.45) is 5.92 Å². The first-order valence-corrected chi connectivity index (χ1v) is 6.61. The van der Waals surface area contributed by atoms with Crippen LogP contribution < -0.4 is 10.1 Å². The van der Waals surface area contributed by atoms with Crippen LogP contribution in [0.15, 0.2) is 18.2 Å². The van der Waals surface area contributed by atoms with Gasteiger partial charge in [-0.1, -0.05) is 37.9 Å². The molecule has 1 aromatic carbocycles. The Morgan fingerprint density at radius 1 is 1.41 bits per heavy atom. The topological polar surface area (TPSA) is 21.3 Å². The zero-order valence-electron chi connectivity index (χ0n) is 10.9. The molecule has 0 bridgehead atoms. The second kappa shape index (κ2) is 7.57. The van der Waals surface area contributed by atoms with Gasteiger partial charge in [0.25, 0.3) is 0 Å². The molecule has 0 aliphatic carbocycles. The normalized spacial score (nSPS) is 12.5. The minimum atomic E-state index is 0.585. The minimum Gasteiger partial charge on any atom is -0.493 e. The fourth-order valence-electron chi connectivity index (χ4n) is 1.83. The van der Waals surface area contributed by atoms with Crippen LogP contribution in [-0.2, 0) is 6.54 Å². The van der Waals surface area contributed by atoms with E-state index in [4.69, 9.17) is 16.3 Å². The van der Waals surface area contributed by atoms with Gasteiger partial charge in [0.15, 0.2) is 0 Å². The Labute approximate surface area is 109 Å². The van der Waals surface area contributed by atoms with E-state index in [2.05, 4.69) is 19.2 Å². The van der Waals surface area contributed by atoms with Crippen LogP contribution in [0.3, 0.4) is 0 Å². The first-order valence-electron chi connectivity index (χ1n) is 6.23. The Morgan fingerprint density at radius 2 is 2.18 bits per heavy atom. The molecule has 0 aliphatic rings. The molecule has 0 heterocycles. The summed E-state index contributed by atoms with van der Waals surface area (Å²) in [4.78, 5) is 0. The summed E-state index contributed by atoms with van der Waals surface area (Å²) in [5.41, 5.74) is 1.04. The lowest BCUT2D eigenvalue weighted by Gasteiger charge is -2.15. The van der Waals surface area contributed by atoms with Crippen molar-refractivity contribution in [3.63, 3.8) is 0 Å². The van der Waals surface area contributed by atoms with E-state index < -0.39 is 0 Å². The van der Waals surface area contributed by atoms with Gasteiger partial charge in [-0.25, -0.2) is 0 Å². The molecule has 0 aromatic heterocycles. The Kier molecular flexibility index (Phi) is 6.38. The summed E-state index contributed by atoms with van der Waals surface area (Å²) in [6, 6.07) is 5.81. The molecule has 0 spiro atoms. The van der Waals surface area contributed by atoms with Crippen LogP contribution in [0.1, 0.15) is 32.3 Å². The molecule has 0 amide bonds. The van der Waals surface area contributed by atoms with Crippen LogP contribution >= 0.6 is 11.6 Å². The van der Waals surface area contributed by atoms with Crippen molar-refractivity contribution >= 4 is 11.6 Å². The number of hydrogen-bond acceptors (Lipinski definition) is 2. The molecule has 2 nitrogen and oxygen atoms in total. The Hall–Kier alpha value is -0.730. The van der Waals surface area contributed by atoms with E-state index in [-0.39, 0.29) is 0 Å².